The van der Waals surface area contributed by atoms with Crippen molar-refractivity contribution in [2.45, 2.75) is 6.42 Å². The number of fused-ring (bicyclic) bond motifs is 1. The summed E-state index contributed by atoms with van der Waals surface area (Å²) in [4.78, 5) is 24.4. The van der Waals surface area contributed by atoms with Crippen LogP contribution in [0, 0.1) is 5.92 Å². The Morgan fingerprint density at radius 2 is 2.00 bits per heavy atom. The first-order valence-corrected chi connectivity index (χ1v) is 6.10. The number of hydrogen-bond acceptors (Lipinski definition) is 4. The van der Waals surface area contributed by atoms with Gasteiger partial charge in [-0.25, -0.2) is 0 Å². The minimum atomic E-state index is -1.06. The predicted octanol–water partition coefficient (Wildman–Crippen LogP) is 0.895. The minimum Gasteiger partial charge on any atom is -0.486 e. The van der Waals surface area contributed by atoms with Crippen LogP contribution >= 0.6 is 0 Å². The predicted molar refractivity (Wildman–Crippen MR) is 65.5 cm³/mol. The van der Waals surface area contributed by atoms with E-state index in [1.807, 2.05) is 0 Å². The van der Waals surface area contributed by atoms with E-state index in [-0.39, 0.29) is 5.91 Å². The Morgan fingerprint density at radius 3 is 2.68 bits per heavy atom. The van der Waals surface area contributed by atoms with Gasteiger partial charge in [0, 0.05) is 18.3 Å². The van der Waals surface area contributed by atoms with Crippen molar-refractivity contribution in [2.24, 2.45) is 5.92 Å². The number of anilines is 1. The van der Waals surface area contributed by atoms with Crippen LogP contribution in [0.25, 0.3) is 0 Å². The second-order valence-corrected chi connectivity index (χ2v) is 4.50. The van der Waals surface area contributed by atoms with Crippen molar-refractivity contribution in [2.75, 3.05) is 24.7 Å². The highest BCUT2D eigenvalue weighted by molar-refractivity contribution is 6.07. The van der Waals surface area contributed by atoms with E-state index in [4.69, 9.17) is 14.6 Å². The second kappa shape index (κ2) is 4.46. The molecule has 1 fully saturated rings. The number of carboxylic acids is 1. The molecule has 100 valence electrons. The molecule has 1 N–H and O–H groups in total. The molecule has 1 aromatic carbocycles. The first kappa shape index (κ1) is 11.8. The number of carbonyl (C=O) groups excluding carboxylic acids is 1. The van der Waals surface area contributed by atoms with Crippen LogP contribution in [0.15, 0.2) is 18.2 Å². The van der Waals surface area contributed by atoms with Gasteiger partial charge in [-0.2, -0.15) is 0 Å². The number of ether oxygens (including phenoxy) is 2. The fourth-order valence-electron chi connectivity index (χ4n) is 2.37. The summed E-state index contributed by atoms with van der Waals surface area (Å²) in [5.41, 5.74) is 0.651. The van der Waals surface area contributed by atoms with Crippen LogP contribution in [0.3, 0.4) is 0 Å². The van der Waals surface area contributed by atoms with Gasteiger partial charge in [-0.1, -0.05) is 0 Å². The molecule has 2 heterocycles. The number of nitrogens with zero attached hydrogens (tertiary/aromatic N) is 1. The quantitative estimate of drug-likeness (QED) is 0.802. The van der Waals surface area contributed by atoms with Gasteiger partial charge in [0.1, 0.15) is 19.1 Å². The van der Waals surface area contributed by atoms with Gasteiger partial charge in [-0.05, 0) is 18.6 Å². The monoisotopic (exact) mass is 263 g/mol. The lowest BCUT2D eigenvalue weighted by Crippen LogP contribution is -2.30. The second-order valence-electron chi connectivity index (χ2n) is 4.50. The van der Waals surface area contributed by atoms with E-state index >= 15 is 0 Å². The molecule has 0 saturated carbocycles. The normalized spacial score (nSPS) is 21.6. The molecule has 0 radical (unpaired) electrons. The Bertz CT molecular complexity index is 542. The van der Waals surface area contributed by atoms with E-state index in [0.29, 0.717) is 43.4 Å². The summed E-state index contributed by atoms with van der Waals surface area (Å²) in [6.45, 7) is 1.40. The number of carboxylic acid groups (broad SMARTS) is 1. The van der Waals surface area contributed by atoms with Gasteiger partial charge < -0.3 is 19.5 Å². The average molecular weight is 263 g/mol. The summed E-state index contributed by atoms with van der Waals surface area (Å²) in [6.07, 6.45) is 0.336. The highest BCUT2D eigenvalue weighted by Gasteiger charge is 2.37. The van der Waals surface area contributed by atoms with Crippen LogP contribution in [0.2, 0.25) is 0 Å². The van der Waals surface area contributed by atoms with Crippen molar-refractivity contribution >= 4 is 17.6 Å². The lowest BCUT2D eigenvalue weighted by molar-refractivity contribution is -0.144. The highest BCUT2D eigenvalue weighted by Crippen LogP contribution is 2.35. The van der Waals surface area contributed by atoms with Crippen molar-refractivity contribution in [3.63, 3.8) is 0 Å². The molecule has 2 aliphatic heterocycles. The molecule has 6 nitrogen and oxygen atoms in total. The highest BCUT2D eigenvalue weighted by atomic mass is 16.6. The summed E-state index contributed by atoms with van der Waals surface area (Å²) >= 11 is 0. The van der Waals surface area contributed by atoms with Gasteiger partial charge in [0.25, 0.3) is 0 Å². The van der Waals surface area contributed by atoms with E-state index in [1.165, 1.54) is 4.90 Å². The molecule has 0 aromatic heterocycles. The molecule has 1 saturated heterocycles. The zero-order chi connectivity index (χ0) is 13.4. The molecule has 0 aliphatic carbocycles. The third-order valence-electron chi connectivity index (χ3n) is 3.34. The summed E-state index contributed by atoms with van der Waals surface area (Å²) in [5, 5.41) is 8.95. The fourth-order valence-corrected chi connectivity index (χ4v) is 2.37. The first-order valence-electron chi connectivity index (χ1n) is 6.10. The molecule has 1 atom stereocenters. The van der Waals surface area contributed by atoms with Crippen LogP contribution in [0.5, 0.6) is 11.5 Å². The summed E-state index contributed by atoms with van der Waals surface area (Å²) < 4.78 is 10.9. The summed E-state index contributed by atoms with van der Waals surface area (Å²) in [5.74, 6) is -1.13. The van der Waals surface area contributed by atoms with Gasteiger partial charge in [-0.3, -0.25) is 9.59 Å². The van der Waals surface area contributed by atoms with E-state index in [1.54, 1.807) is 18.2 Å². The van der Waals surface area contributed by atoms with Crippen LogP contribution in [0.1, 0.15) is 6.42 Å². The van der Waals surface area contributed by atoms with Crippen molar-refractivity contribution < 1.29 is 24.2 Å². The topological polar surface area (TPSA) is 76.1 Å². The smallest absolute Gasteiger partial charge is 0.316 e. The number of benzene rings is 1. The van der Waals surface area contributed by atoms with Gasteiger partial charge in [0.05, 0.1) is 0 Å². The molecular weight excluding hydrogens is 250 g/mol. The molecule has 1 unspecified atom stereocenters. The molecule has 19 heavy (non-hydrogen) atoms. The number of amides is 1. The van der Waals surface area contributed by atoms with Gasteiger partial charge in [0.15, 0.2) is 11.5 Å². The van der Waals surface area contributed by atoms with Crippen molar-refractivity contribution in [1.29, 1.82) is 0 Å². The van der Waals surface area contributed by atoms with Crippen LogP contribution in [0.4, 0.5) is 5.69 Å². The van der Waals surface area contributed by atoms with Crippen molar-refractivity contribution in [3.8, 4) is 11.5 Å². The molecule has 1 amide bonds. The Kier molecular flexibility index (Phi) is 2.77. The van der Waals surface area contributed by atoms with E-state index < -0.39 is 11.9 Å². The molecule has 1 aromatic rings. The number of hydrogen-bond donors (Lipinski definition) is 1. The van der Waals surface area contributed by atoms with E-state index in [9.17, 15) is 9.59 Å². The molecule has 0 spiro atoms. The Balaban J connectivity index is 1.87. The summed E-state index contributed by atoms with van der Waals surface area (Å²) in [7, 11) is 0. The Morgan fingerprint density at radius 1 is 1.26 bits per heavy atom. The maximum absolute atomic E-state index is 12.0. The van der Waals surface area contributed by atoms with E-state index in [2.05, 4.69) is 0 Å². The van der Waals surface area contributed by atoms with Gasteiger partial charge >= 0.3 is 5.97 Å². The van der Waals surface area contributed by atoms with Gasteiger partial charge in [-0.15, -0.1) is 0 Å². The minimum absolute atomic E-state index is 0.336. The third kappa shape index (κ3) is 1.99. The molecule has 6 heteroatoms. The number of carbonyl (C=O) groups is 2. The maximum atomic E-state index is 12.0. The van der Waals surface area contributed by atoms with Crippen molar-refractivity contribution in [1.82, 2.24) is 0 Å². The SMILES string of the molecule is O=C(O)C1CCN(c2ccc3c(c2)OCCO3)C1=O. The summed E-state index contributed by atoms with van der Waals surface area (Å²) in [6, 6.07) is 5.21. The largest absolute Gasteiger partial charge is 0.486 e. The lowest BCUT2D eigenvalue weighted by atomic mass is 10.1. The van der Waals surface area contributed by atoms with Crippen molar-refractivity contribution in [3.05, 3.63) is 18.2 Å². The standard InChI is InChI=1S/C13H13NO5/c15-12-9(13(16)17)3-4-14(12)8-1-2-10-11(7-8)19-6-5-18-10/h1-2,7,9H,3-6H2,(H,16,17). The van der Waals surface area contributed by atoms with Gasteiger partial charge in [0.2, 0.25) is 5.91 Å². The fraction of sp³-hybridized carbons (Fsp3) is 0.385. The molecular formula is C13H13NO5. The zero-order valence-electron chi connectivity index (χ0n) is 10.2. The van der Waals surface area contributed by atoms with Crippen LogP contribution in [-0.4, -0.2) is 36.7 Å². The van der Waals surface area contributed by atoms with E-state index in [0.717, 1.165) is 0 Å². The number of rotatable bonds is 2. The maximum Gasteiger partial charge on any atom is 0.316 e. The first-order chi connectivity index (χ1) is 9.16. The van der Waals surface area contributed by atoms with Crippen LogP contribution in [-0.2, 0) is 9.59 Å². The lowest BCUT2D eigenvalue weighted by Gasteiger charge is -2.22. The molecule has 0 bridgehead atoms. The molecule has 3 rings (SSSR count). The zero-order valence-corrected chi connectivity index (χ0v) is 10.2. The third-order valence-corrected chi connectivity index (χ3v) is 3.34. The Labute approximate surface area is 109 Å². The number of aliphatic carboxylic acids is 1. The molecule has 2 aliphatic rings. The Hall–Kier alpha value is -2.24. The van der Waals surface area contributed by atoms with Crippen LogP contribution < -0.4 is 14.4 Å². The average Bonchev–Trinajstić information content (AvgIpc) is 2.80.